The van der Waals surface area contributed by atoms with Crippen LogP contribution in [0.25, 0.3) is 10.9 Å². The third-order valence-electron chi connectivity index (χ3n) is 15.2. The summed E-state index contributed by atoms with van der Waals surface area (Å²) in [4.78, 5) is 50.9. The number of nitrogens with one attached hydrogen (secondary N) is 2. The molecule has 2 aromatic carbocycles. The number of piperidine rings is 1. The Morgan fingerprint density at radius 3 is 2.45 bits per heavy atom. The van der Waals surface area contributed by atoms with Gasteiger partial charge in [-0.15, -0.1) is 0 Å². The fraction of sp³-hybridized carbons (Fsp3) is 0.578. The van der Waals surface area contributed by atoms with Crippen LogP contribution in [0.2, 0.25) is 0 Å². The van der Waals surface area contributed by atoms with Gasteiger partial charge in [0.15, 0.2) is 6.10 Å². The van der Waals surface area contributed by atoms with Gasteiger partial charge in [0, 0.05) is 83.9 Å². The van der Waals surface area contributed by atoms with E-state index in [1.807, 2.05) is 50.3 Å². The van der Waals surface area contributed by atoms with E-state index in [1.54, 1.807) is 7.11 Å². The van der Waals surface area contributed by atoms with Gasteiger partial charge < -0.3 is 39.5 Å². The highest BCUT2D eigenvalue weighted by molar-refractivity contribution is 5.95. The zero-order valence-electron chi connectivity index (χ0n) is 34.4. The van der Waals surface area contributed by atoms with Crippen LogP contribution in [-0.4, -0.2) is 126 Å². The van der Waals surface area contributed by atoms with Crippen molar-refractivity contribution in [1.29, 1.82) is 0 Å². The first kappa shape index (κ1) is 39.1. The number of aromatic nitrogens is 1. The fourth-order valence-electron chi connectivity index (χ4n) is 13.0. The molecule has 4 N–H and O–H groups in total. The van der Waals surface area contributed by atoms with Crippen LogP contribution < -0.4 is 10.1 Å². The molecule has 0 radical (unpaired) electrons. The summed E-state index contributed by atoms with van der Waals surface area (Å²) in [6.45, 7) is 8.59. The molecule has 0 amide bonds. The highest BCUT2D eigenvalue weighted by Crippen LogP contribution is 2.67. The standard InChI is InChI=1S/C45H56N4O9/c1-7-41(53)22-27-23-44(39(51)56-5,35-29(14-18-48(24-27)25-41)28-12-9-10-13-32(28)46-35)31-20-30-33(21-34(31)55-4)47-36-43(30)16-19-49-17-11-15-42(8-2,37(43)49)38(58-26(3)50)45(36,54)40(52)57-6/h9-13,15,20-21,27,36-38,46-47,53-54H,7-8,14,16-19,22-25H2,1-6H3/t27-,36+,37+,38-,41+,42-,43+,44-,45-/m1/s1. The zero-order valence-corrected chi connectivity index (χ0v) is 34.4. The number of hydrogen-bond donors (Lipinski definition) is 4. The Morgan fingerprint density at radius 1 is 0.966 bits per heavy atom. The van der Waals surface area contributed by atoms with Crippen molar-refractivity contribution in [2.45, 2.75) is 99.5 Å². The van der Waals surface area contributed by atoms with Crippen molar-refractivity contribution in [2.75, 3.05) is 59.4 Å². The summed E-state index contributed by atoms with van der Waals surface area (Å²) in [6, 6.07) is 10.8. The minimum Gasteiger partial charge on any atom is -0.496 e. The maximum Gasteiger partial charge on any atom is 0.344 e. The van der Waals surface area contributed by atoms with Crippen molar-refractivity contribution in [3.63, 3.8) is 0 Å². The third-order valence-corrected chi connectivity index (χ3v) is 15.2. The Bertz CT molecular complexity index is 2220. The number of anilines is 1. The number of nitrogens with zero attached hydrogens (tertiary/aromatic N) is 2. The molecule has 6 heterocycles. The normalized spacial score (nSPS) is 37.2. The largest absolute Gasteiger partial charge is 0.496 e. The Labute approximate surface area is 339 Å². The van der Waals surface area contributed by atoms with Gasteiger partial charge in [-0.3, -0.25) is 19.4 Å². The lowest BCUT2D eigenvalue weighted by Gasteiger charge is -2.62. The van der Waals surface area contributed by atoms with E-state index in [9.17, 15) is 19.8 Å². The number of para-hydroxylation sites is 1. The first-order valence-corrected chi connectivity index (χ1v) is 20.8. The SMILES string of the molecule is CC[C@]1(O)C[C@H]2CN(CCc3c([nH]c4ccccc34)[C@](C(=O)OC)(c3cc4c(cc3OC)N[C@@H]3[C@](O)(C(=O)OC)[C@H](OC(C)=O)[C@]5(CC)C=CCN6CC[C@]43[C@@H]65)C2)C1. The van der Waals surface area contributed by atoms with E-state index in [0.717, 1.165) is 27.7 Å². The summed E-state index contributed by atoms with van der Waals surface area (Å²) >= 11 is 0. The van der Waals surface area contributed by atoms with E-state index >= 15 is 4.79 Å². The van der Waals surface area contributed by atoms with Gasteiger partial charge in [-0.05, 0) is 74.2 Å². The first-order valence-electron chi connectivity index (χ1n) is 20.8. The number of esters is 3. The Morgan fingerprint density at radius 2 is 1.74 bits per heavy atom. The molecule has 58 heavy (non-hydrogen) atoms. The summed E-state index contributed by atoms with van der Waals surface area (Å²) in [6.07, 6.45) is 5.90. The van der Waals surface area contributed by atoms with E-state index in [4.69, 9.17) is 18.9 Å². The van der Waals surface area contributed by atoms with Crippen LogP contribution in [0, 0.1) is 11.3 Å². The minimum absolute atomic E-state index is 0.0982. The third kappa shape index (κ3) is 5.05. The highest BCUT2D eigenvalue weighted by atomic mass is 16.6. The number of methoxy groups -OCH3 is 3. The van der Waals surface area contributed by atoms with Crippen LogP contribution in [0.5, 0.6) is 5.75 Å². The molecule has 310 valence electrons. The van der Waals surface area contributed by atoms with Gasteiger partial charge in [0.1, 0.15) is 11.2 Å². The predicted octanol–water partition coefficient (Wildman–Crippen LogP) is 3.97. The van der Waals surface area contributed by atoms with Gasteiger partial charge in [-0.25, -0.2) is 4.79 Å². The summed E-state index contributed by atoms with van der Waals surface area (Å²) in [7, 11) is 4.25. The molecule has 1 unspecified atom stereocenters. The van der Waals surface area contributed by atoms with E-state index in [0.29, 0.717) is 88.2 Å². The number of rotatable bonds is 7. The summed E-state index contributed by atoms with van der Waals surface area (Å²) in [5, 5.41) is 29.7. The lowest BCUT2D eigenvalue weighted by Crippen LogP contribution is -2.80. The molecule has 10 atom stereocenters. The van der Waals surface area contributed by atoms with E-state index < -0.39 is 57.5 Å². The van der Waals surface area contributed by atoms with Crippen LogP contribution >= 0.6 is 0 Å². The molecule has 13 nitrogen and oxygen atoms in total. The Hall–Kier alpha value is -4.43. The van der Waals surface area contributed by atoms with Crippen molar-refractivity contribution in [3.05, 3.63) is 70.9 Å². The maximum absolute atomic E-state index is 15.3. The molecule has 6 aliphatic rings. The van der Waals surface area contributed by atoms with Gasteiger partial charge >= 0.3 is 17.9 Å². The monoisotopic (exact) mass is 796 g/mol. The molecule has 1 aromatic heterocycles. The highest BCUT2D eigenvalue weighted by Gasteiger charge is 2.79. The lowest BCUT2D eigenvalue weighted by atomic mass is 9.47. The number of fused-ring (bicyclic) bond motifs is 6. The van der Waals surface area contributed by atoms with E-state index in [2.05, 4.69) is 32.2 Å². The number of benzene rings is 2. The van der Waals surface area contributed by atoms with Gasteiger partial charge in [0.25, 0.3) is 0 Å². The second kappa shape index (κ2) is 13.6. The summed E-state index contributed by atoms with van der Waals surface area (Å²) < 4.78 is 23.7. The maximum atomic E-state index is 15.3. The van der Waals surface area contributed by atoms with Crippen LogP contribution in [0.1, 0.15) is 75.3 Å². The predicted molar refractivity (Wildman–Crippen MR) is 216 cm³/mol. The number of H-pyrrole nitrogens is 1. The topological polar surface area (TPSA) is 163 Å². The van der Waals surface area contributed by atoms with Crippen LogP contribution in [0.15, 0.2) is 48.6 Å². The van der Waals surface area contributed by atoms with E-state index in [-0.39, 0.29) is 12.0 Å². The smallest absolute Gasteiger partial charge is 0.344 e. The van der Waals surface area contributed by atoms with Crippen molar-refractivity contribution in [1.82, 2.24) is 14.8 Å². The molecule has 1 saturated carbocycles. The first-order chi connectivity index (χ1) is 27.8. The molecule has 2 bridgehead atoms. The minimum atomic E-state index is -2.31. The van der Waals surface area contributed by atoms with Gasteiger partial charge in [-0.2, -0.15) is 0 Å². The number of hydrogen-bond acceptors (Lipinski definition) is 12. The number of aromatic amines is 1. The van der Waals surface area contributed by atoms with Crippen molar-refractivity contribution < 1.29 is 43.5 Å². The lowest BCUT2D eigenvalue weighted by molar-refractivity contribution is -0.226. The summed E-state index contributed by atoms with van der Waals surface area (Å²) in [5.74, 6) is -1.61. The number of aliphatic hydroxyl groups is 2. The van der Waals surface area contributed by atoms with Crippen molar-refractivity contribution in [3.8, 4) is 5.75 Å². The van der Waals surface area contributed by atoms with Crippen LogP contribution in [0.4, 0.5) is 5.69 Å². The van der Waals surface area contributed by atoms with Crippen LogP contribution in [0.3, 0.4) is 0 Å². The zero-order chi connectivity index (χ0) is 41.0. The van der Waals surface area contributed by atoms with E-state index in [1.165, 1.54) is 21.1 Å². The van der Waals surface area contributed by atoms with Gasteiger partial charge in [-0.1, -0.05) is 44.2 Å². The average molecular weight is 797 g/mol. The van der Waals surface area contributed by atoms with Crippen molar-refractivity contribution >= 4 is 34.5 Å². The number of carbonyl (C=O) groups excluding carboxylic acids is 3. The van der Waals surface area contributed by atoms with Crippen LogP contribution in [-0.2, 0) is 45.8 Å². The molecule has 1 aliphatic carbocycles. The quantitative estimate of drug-likeness (QED) is 0.155. The molecule has 1 spiro atoms. The molecule has 3 fully saturated rings. The molecule has 3 aromatic rings. The van der Waals surface area contributed by atoms with Gasteiger partial charge in [0.05, 0.1) is 33.0 Å². The second-order valence-electron chi connectivity index (χ2n) is 17.8. The molecule has 2 saturated heterocycles. The summed E-state index contributed by atoms with van der Waals surface area (Å²) in [5.41, 5.74) is -1.78. The molecule has 9 rings (SSSR count). The molecule has 13 heteroatoms. The molecule has 5 aliphatic heterocycles. The Kier molecular flexibility index (Phi) is 9.12. The fourth-order valence-corrected chi connectivity index (χ4v) is 13.0. The molecular formula is C45H56N4O9. The van der Waals surface area contributed by atoms with Crippen molar-refractivity contribution in [2.24, 2.45) is 11.3 Å². The number of carbonyl (C=O) groups is 3. The number of ether oxygens (including phenoxy) is 4. The second-order valence-corrected chi connectivity index (χ2v) is 17.8. The van der Waals surface area contributed by atoms with Gasteiger partial charge in [0.2, 0.25) is 5.60 Å². The Balaban J connectivity index is 1.34. The molecular weight excluding hydrogens is 741 g/mol. The average Bonchev–Trinajstić information content (AvgIpc) is 3.92.